The summed E-state index contributed by atoms with van der Waals surface area (Å²) in [5.41, 5.74) is 0. The maximum Gasteiger partial charge on any atom is 0.321 e. The lowest BCUT2D eigenvalue weighted by Gasteiger charge is -2.09. The van der Waals surface area contributed by atoms with Gasteiger partial charge in [0.25, 0.3) is 11.8 Å². The van der Waals surface area contributed by atoms with Crippen LogP contribution in [0.25, 0.3) is 0 Å². The fourth-order valence-corrected chi connectivity index (χ4v) is 0.700. The Morgan fingerprint density at radius 2 is 1.94 bits per heavy atom. The van der Waals surface area contributed by atoms with Crippen LogP contribution in [0.3, 0.4) is 0 Å². The fraction of sp³-hybridized carbons (Fsp3) is 0.444. The van der Waals surface area contributed by atoms with Crippen molar-refractivity contribution < 1.29 is 19.2 Å². The number of nitrogens with one attached hydrogen (secondary N) is 2. The maximum atomic E-state index is 11.1. The van der Waals surface area contributed by atoms with E-state index in [1.165, 1.54) is 14.2 Å². The van der Waals surface area contributed by atoms with Crippen LogP contribution in [0, 0.1) is 0 Å². The summed E-state index contributed by atoms with van der Waals surface area (Å²) in [6.07, 6.45) is 1.95. The standard InChI is InChI=1S/C9H15N3O4/c1-4-10-9(15)11-7(13)5-6-8(14)12(2)16-3/h5-6H,4H2,1-3H3,(H2,10,11,13,15)/b6-5+. The van der Waals surface area contributed by atoms with Gasteiger partial charge in [-0.2, -0.15) is 0 Å². The molecule has 0 fully saturated rings. The van der Waals surface area contributed by atoms with E-state index in [0.29, 0.717) is 6.54 Å². The van der Waals surface area contributed by atoms with Gasteiger partial charge >= 0.3 is 6.03 Å². The number of amides is 4. The van der Waals surface area contributed by atoms with E-state index in [1.54, 1.807) is 6.92 Å². The maximum absolute atomic E-state index is 11.1. The summed E-state index contributed by atoms with van der Waals surface area (Å²) in [6, 6.07) is -0.607. The van der Waals surface area contributed by atoms with E-state index in [-0.39, 0.29) is 0 Å². The number of hydroxylamine groups is 2. The smallest absolute Gasteiger partial charge is 0.321 e. The number of carbonyl (C=O) groups excluding carboxylic acids is 3. The van der Waals surface area contributed by atoms with Crippen molar-refractivity contribution in [2.24, 2.45) is 0 Å². The molecule has 4 amide bonds. The zero-order valence-corrected chi connectivity index (χ0v) is 9.44. The van der Waals surface area contributed by atoms with E-state index in [9.17, 15) is 14.4 Å². The predicted octanol–water partition coefficient (Wildman–Crippen LogP) is -0.592. The van der Waals surface area contributed by atoms with Crippen LogP contribution < -0.4 is 10.6 Å². The molecule has 0 aromatic heterocycles. The van der Waals surface area contributed by atoms with Crippen molar-refractivity contribution in [2.45, 2.75) is 6.92 Å². The monoisotopic (exact) mass is 229 g/mol. The highest BCUT2D eigenvalue weighted by atomic mass is 16.7. The molecule has 0 unspecified atom stereocenters. The number of nitrogens with zero attached hydrogens (tertiary/aromatic N) is 1. The van der Waals surface area contributed by atoms with Gasteiger partial charge < -0.3 is 5.32 Å². The lowest BCUT2D eigenvalue weighted by Crippen LogP contribution is -2.38. The summed E-state index contributed by atoms with van der Waals surface area (Å²) in [5.74, 6) is -1.18. The Bertz CT molecular complexity index is 301. The van der Waals surface area contributed by atoms with Gasteiger partial charge in [0.2, 0.25) is 0 Å². The molecule has 7 nitrogen and oxygen atoms in total. The van der Waals surface area contributed by atoms with Gasteiger partial charge in [-0.3, -0.25) is 19.7 Å². The molecule has 0 rings (SSSR count). The molecular weight excluding hydrogens is 214 g/mol. The van der Waals surface area contributed by atoms with Gasteiger partial charge in [-0.15, -0.1) is 0 Å². The van der Waals surface area contributed by atoms with E-state index in [1.807, 2.05) is 5.32 Å². The van der Waals surface area contributed by atoms with Gasteiger partial charge in [-0.05, 0) is 6.92 Å². The van der Waals surface area contributed by atoms with Crippen molar-refractivity contribution in [3.05, 3.63) is 12.2 Å². The van der Waals surface area contributed by atoms with Crippen molar-refractivity contribution in [3.63, 3.8) is 0 Å². The molecule has 0 aliphatic rings. The third-order valence-corrected chi connectivity index (χ3v) is 1.54. The van der Waals surface area contributed by atoms with Crippen LogP contribution in [0.5, 0.6) is 0 Å². The van der Waals surface area contributed by atoms with Crippen molar-refractivity contribution in [1.82, 2.24) is 15.7 Å². The highest BCUT2D eigenvalue weighted by molar-refractivity contribution is 6.03. The number of carbonyl (C=O) groups is 3. The molecule has 0 aliphatic heterocycles. The summed E-state index contributed by atoms with van der Waals surface area (Å²) in [7, 11) is 2.72. The van der Waals surface area contributed by atoms with E-state index >= 15 is 0 Å². The molecule has 2 N–H and O–H groups in total. The molecule has 7 heteroatoms. The van der Waals surface area contributed by atoms with Crippen LogP contribution in [-0.4, -0.2) is 43.6 Å². The van der Waals surface area contributed by atoms with Gasteiger partial charge in [-0.1, -0.05) is 0 Å². The second-order valence-corrected chi connectivity index (χ2v) is 2.70. The van der Waals surface area contributed by atoms with E-state index in [2.05, 4.69) is 10.2 Å². The summed E-state index contributed by atoms with van der Waals surface area (Å²) < 4.78 is 0. The summed E-state index contributed by atoms with van der Waals surface area (Å²) in [5, 5.41) is 5.32. The minimum absolute atomic E-state index is 0.411. The van der Waals surface area contributed by atoms with Crippen LogP contribution in [-0.2, 0) is 14.4 Å². The fourth-order valence-electron chi connectivity index (χ4n) is 0.700. The Kier molecular flexibility index (Phi) is 6.53. The third-order valence-electron chi connectivity index (χ3n) is 1.54. The minimum Gasteiger partial charge on any atom is -0.338 e. The number of imide groups is 1. The highest BCUT2D eigenvalue weighted by Crippen LogP contribution is 1.86. The van der Waals surface area contributed by atoms with E-state index in [4.69, 9.17) is 0 Å². The van der Waals surface area contributed by atoms with Crippen molar-refractivity contribution in [2.75, 3.05) is 20.7 Å². The normalized spacial score (nSPS) is 9.94. The Hall–Kier alpha value is -1.89. The Morgan fingerprint density at radius 1 is 1.31 bits per heavy atom. The van der Waals surface area contributed by atoms with Gasteiger partial charge in [0.1, 0.15) is 0 Å². The zero-order valence-electron chi connectivity index (χ0n) is 9.44. The molecule has 0 radical (unpaired) electrons. The van der Waals surface area contributed by atoms with Crippen LogP contribution in [0.1, 0.15) is 6.92 Å². The summed E-state index contributed by atoms with van der Waals surface area (Å²) in [4.78, 5) is 37.7. The largest absolute Gasteiger partial charge is 0.338 e. The second-order valence-electron chi connectivity index (χ2n) is 2.70. The SMILES string of the molecule is CCNC(=O)NC(=O)/C=C/C(=O)N(C)OC. The molecule has 0 spiro atoms. The first-order valence-corrected chi connectivity index (χ1v) is 4.60. The Balaban J connectivity index is 4.09. The van der Waals surface area contributed by atoms with Crippen molar-refractivity contribution >= 4 is 17.8 Å². The summed E-state index contributed by atoms with van der Waals surface area (Å²) in [6.45, 7) is 2.13. The molecule has 0 atom stereocenters. The average Bonchev–Trinajstić information content (AvgIpc) is 2.24. The van der Waals surface area contributed by atoms with Gasteiger partial charge in [0, 0.05) is 25.7 Å². The number of hydrogen-bond acceptors (Lipinski definition) is 4. The number of hydrogen-bond donors (Lipinski definition) is 2. The summed E-state index contributed by atoms with van der Waals surface area (Å²) >= 11 is 0. The lowest BCUT2D eigenvalue weighted by atomic mass is 10.4. The van der Waals surface area contributed by atoms with E-state index in [0.717, 1.165) is 17.2 Å². The van der Waals surface area contributed by atoms with Gasteiger partial charge in [-0.25, -0.2) is 9.86 Å². The van der Waals surface area contributed by atoms with E-state index < -0.39 is 17.8 Å². The molecule has 0 bridgehead atoms. The zero-order chi connectivity index (χ0) is 12.6. The predicted molar refractivity (Wildman–Crippen MR) is 56.1 cm³/mol. The molecule has 90 valence electrons. The quantitative estimate of drug-likeness (QED) is 0.498. The topological polar surface area (TPSA) is 87.7 Å². The lowest BCUT2D eigenvalue weighted by molar-refractivity contribution is -0.162. The molecule has 0 heterocycles. The molecular formula is C9H15N3O4. The van der Waals surface area contributed by atoms with Crippen LogP contribution in [0.15, 0.2) is 12.2 Å². The highest BCUT2D eigenvalue weighted by Gasteiger charge is 2.05. The molecule has 0 saturated carbocycles. The Labute approximate surface area is 93.4 Å². The van der Waals surface area contributed by atoms with Crippen LogP contribution in [0.2, 0.25) is 0 Å². The number of rotatable bonds is 4. The second kappa shape index (κ2) is 7.41. The van der Waals surface area contributed by atoms with Gasteiger partial charge in [0.15, 0.2) is 0 Å². The van der Waals surface area contributed by atoms with Crippen LogP contribution >= 0.6 is 0 Å². The molecule has 16 heavy (non-hydrogen) atoms. The first-order valence-electron chi connectivity index (χ1n) is 4.60. The number of urea groups is 1. The van der Waals surface area contributed by atoms with Crippen molar-refractivity contribution in [1.29, 1.82) is 0 Å². The molecule has 0 saturated heterocycles. The molecule has 0 aromatic carbocycles. The van der Waals surface area contributed by atoms with Crippen molar-refractivity contribution in [3.8, 4) is 0 Å². The van der Waals surface area contributed by atoms with Gasteiger partial charge in [0.05, 0.1) is 7.11 Å². The Morgan fingerprint density at radius 3 is 2.44 bits per heavy atom. The molecule has 0 aliphatic carbocycles. The number of likely N-dealkylation sites (N-methyl/N-ethyl adjacent to an activating group) is 1. The van der Waals surface area contributed by atoms with Crippen LogP contribution in [0.4, 0.5) is 4.79 Å². The minimum atomic E-state index is -0.677. The third kappa shape index (κ3) is 5.76. The first kappa shape index (κ1) is 14.1. The average molecular weight is 229 g/mol. The first-order chi connectivity index (χ1) is 7.51. The molecule has 0 aromatic rings.